The molecule has 1 aliphatic rings. The molecule has 1 fully saturated rings. The average Bonchev–Trinajstić information content (AvgIpc) is 2.84. The van der Waals surface area contributed by atoms with Crippen molar-refractivity contribution in [3.05, 3.63) is 30.7 Å². The number of sulfone groups is 1. The summed E-state index contributed by atoms with van der Waals surface area (Å²) in [6.07, 6.45) is 3.45. The van der Waals surface area contributed by atoms with Crippen LogP contribution in [-0.4, -0.2) is 55.4 Å². The van der Waals surface area contributed by atoms with Crippen molar-refractivity contribution in [2.45, 2.75) is 12.5 Å². The Bertz CT molecular complexity index is 645. The minimum atomic E-state index is -2.96. The van der Waals surface area contributed by atoms with Gasteiger partial charge in [0.25, 0.3) is 5.91 Å². The van der Waals surface area contributed by atoms with Gasteiger partial charge in [0.1, 0.15) is 17.8 Å². The first-order valence-corrected chi connectivity index (χ1v) is 8.39. The molecular formula is C13H18N4O3S. The van der Waals surface area contributed by atoms with Crippen LogP contribution in [0.5, 0.6) is 0 Å². The van der Waals surface area contributed by atoms with E-state index in [1.807, 2.05) is 0 Å². The topological polar surface area (TPSA) is 92.3 Å². The zero-order chi connectivity index (χ0) is 15.5. The Morgan fingerprint density at radius 2 is 2.33 bits per heavy atom. The van der Waals surface area contributed by atoms with Crippen LogP contribution in [0.3, 0.4) is 0 Å². The molecule has 21 heavy (non-hydrogen) atoms. The maximum atomic E-state index is 11.8. The maximum absolute atomic E-state index is 11.8. The van der Waals surface area contributed by atoms with Crippen LogP contribution >= 0.6 is 0 Å². The summed E-state index contributed by atoms with van der Waals surface area (Å²) in [4.78, 5) is 21.7. The summed E-state index contributed by atoms with van der Waals surface area (Å²) in [6.45, 7) is 3.88. The summed E-state index contributed by atoms with van der Waals surface area (Å²) >= 11 is 0. The van der Waals surface area contributed by atoms with Gasteiger partial charge in [-0.15, -0.1) is 6.58 Å². The van der Waals surface area contributed by atoms with Crippen molar-refractivity contribution >= 4 is 21.6 Å². The number of hydrogen-bond acceptors (Lipinski definition) is 6. The van der Waals surface area contributed by atoms with E-state index in [1.165, 1.54) is 6.33 Å². The molecule has 1 aliphatic heterocycles. The number of aromatic nitrogens is 2. The Morgan fingerprint density at radius 3 is 2.95 bits per heavy atom. The largest absolute Gasteiger partial charge is 0.356 e. The van der Waals surface area contributed by atoms with Gasteiger partial charge in [0.2, 0.25) is 0 Å². The van der Waals surface area contributed by atoms with E-state index in [0.29, 0.717) is 18.8 Å². The number of rotatable bonds is 5. The number of carbonyl (C=O) groups excluding carboxylic acids is 1. The van der Waals surface area contributed by atoms with Crippen molar-refractivity contribution < 1.29 is 13.2 Å². The summed E-state index contributed by atoms with van der Waals surface area (Å²) < 4.78 is 23.1. The quantitative estimate of drug-likeness (QED) is 0.771. The van der Waals surface area contributed by atoms with E-state index in [2.05, 4.69) is 21.9 Å². The first-order valence-electron chi connectivity index (χ1n) is 6.57. The number of nitrogens with one attached hydrogen (secondary N) is 1. The molecule has 1 unspecified atom stereocenters. The van der Waals surface area contributed by atoms with Gasteiger partial charge in [-0.05, 0) is 6.42 Å². The maximum Gasteiger partial charge on any atom is 0.270 e. The van der Waals surface area contributed by atoms with E-state index < -0.39 is 9.84 Å². The van der Waals surface area contributed by atoms with Gasteiger partial charge in [-0.25, -0.2) is 18.4 Å². The van der Waals surface area contributed by atoms with Crippen molar-refractivity contribution in [1.82, 2.24) is 15.3 Å². The van der Waals surface area contributed by atoms with Gasteiger partial charge in [-0.1, -0.05) is 6.08 Å². The first-order chi connectivity index (χ1) is 9.93. The number of amides is 1. The lowest BCUT2D eigenvalue weighted by atomic mass is 10.2. The van der Waals surface area contributed by atoms with Crippen molar-refractivity contribution in [3.8, 4) is 0 Å². The van der Waals surface area contributed by atoms with Crippen LogP contribution in [0.25, 0.3) is 0 Å². The van der Waals surface area contributed by atoms with E-state index in [9.17, 15) is 13.2 Å². The summed E-state index contributed by atoms with van der Waals surface area (Å²) in [5, 5.41) is 2.64. The lowest BCUT2D eigenvalue weighted by Gasteiger charge is -2.24. The van der Waals surface area contributed by atoms with E-state index in [-0.39, 0.29) is 29.1 Å². The van der Waals surface area contributed by atoms with Crippen LogP contribution in [0, 0.1) is 0 Å². The minimum absolute atomic E-state index is 0.117. The second-order valence-corrected chi connectivity index (χ2v) is 7.16. The van der Waals surface area contributed by atoms with Gasteiger partial charge < -0.3 is 10.2 Å². The highest BCUT2D eigenvalue weighted by Crippen LogP contribution is 2.21. The van der Waals surface area contributed by atoms with Gasteiger partial charge in [-0.2, -0.15) is 0 Å². The fourth-order valence-electron chi connectivity index (χ4n) is 2.19. The molecule has 2 rings (SSSR count). The Morgan fingerprint density at radius 1 is 1.57 bits per heavy atom. The summed E-state index contributed by atoms with van der Waals surface area (Å²) in [5.41, 5.74) is 0.245. The third-order valence-corrected chi connectivity index (χ3v) is 5.16. The smallest absolute Gasteiger partial charge is 0.270 e. The second-order valence-electron chi connectivity index (χ2n) is 4.93. The fourth-order valence-corrected chi connectivity index (χ4v) is 3.96. The lowest BCUT2D eigenvalue weighted by Crippen LogP contribution is -2.33. The summed E-state index contributed by atoms with van der Waals surface area (Å²) in [5.74, 6) is 0.535. The van der Waals surface area contributed by atoms with E-state index in [1.54, 1.807) is 24.1 Å². The lowest BCUT2D eigenvalue weighted by molar-refractivity contribution is 0.0953. The first kappa shape index (κ1) is 15.4. The van der Waals surface area contributed by atoms with Crippen molar-refractivity contribution in [1.29, 1.82) is 0 Å². The minimum Gasteiger partial charge on any atom is -0.356 e. The Hall–Kier alpha value is -1.96. The molecule has 8 heteroatoms. The molecular weight excluding hydrogens is 292 g/mol. The van der Waals surface area contributed by atoms with Gasteiger partial charge in [0.05, 0.1) is 11.5 Å². The highest BCUT2D eigenvalue weighted by Gasteiger charge is 2.31. The average molecular weight is 310 g/mol. The molecule has 0 aliphatic carbocycles. The normalized spacial score (nSPS) is 20.0. The molecule has 0 spiro atoms. The van der Waals surface area contributed by atoms with E-state index in [4.69, 9.17) is 0 Å². The van der Waals surface area contributed by atoms with Gasteiger partial charge >= 0.3 is 0 Å². The zero-order valence-corrected chi connectivity index (χ0v) is 12.6. The van der Waals surface area contributed by atoms with Crippen LogP contribution in [-0.2, 0) is 9.84 Å². The molecule has 0 radical (unpaired) electrons. The van der Waals surface area contributed by atoms with Crippen LogP contribution in [0.1, 0.15) is 16.9 Å². The van der Waals surface area contributed by atoms with Crippen molar-refractivity contribution in [2.24, 2.45) is 0 Å². The number of anilines is 1. The van der Waals surface area contributed by atoms with E-state index in [0.717, 1.165) is 0 Å². The Balaban J connectivity index is 2.13. The molecule has 0 saturated carbocycles. The number of carbonyl (C=O) groups is 1. The van der Waals surface area contributed by atoms with Crippen LogP contribution in [0.15, 0.2) is 25.0 Å². The zero-order valence-electron chi connectivity index (χ0n) is 11.8. The van der Waals surface area contributed by atoms with Gasteiger partial charge in [0.15, 0.2) is 9.84 Å². The Kier molecular flexibility index (Phi) is 4.56. The van der Waals surface area contributed by atoms with Crippen LogP contribution in [0.4, 0.5) is 5.82 Å². The summed E-state index contributed by atoms with van der Waals surface area (Å²) in [6, 6.07) is 1.44. The standard InChI is InChI=1S/C13H18N4O3S/c1-3-5-14-13(18)11-7-12(16-9-15-11)17(2)10-4-6-21(19,20)8-10/h3,7,9-10H,1,4-6,8H2,2H3,(H,14,18). The molecule has 1 amide bonds. The monoisotopic (exact) mass is 310 g/mol. The van der Waals surface area contributed by atoms with Crippen molar-refractivity contribution in [2.75, 3.05) is 30.0 Å². The Labute approximate surface area is 124 Å². The molecule has 1 atom stereocenters. The van der Waals surface area contributed by atoms with Crippen LogP contribution in [0.2, 0.25) is 0 Å². The molecule has 1 aromatic heterocycles. The number of nitrogens with zero attached hydrogens (tertiary/aromatic N) is 3. The molecule has 0 aromatic carbocycles. The second kappa shape index (κ2) is 6.21. The highest BCUT2D eigenvalue weighted by molar-refractivity contribution is 7.91. The summed E-state index contributed by atoms with van der Waals surface area (Å²) in [7, 11) is -1.19. The van der Waals surface area contributed by atoms with Gasteiger partial charge in [-0.3, -0.25) is 4.79 Å². The van der Waals surface area contributed by atoms with Gasteiger partial charge in [0, 0.05) is 25.7 Å². The van der Waals surface area contributed by atoms with Crippen molar-refractivity contribution in [3.63, 3.8) is 0 Å². The number of hydrogen-bond donors (Lipinski definition) is 1. The third kappa shape index (κ3) is 3.78. The van der Waals surface area contributed by atoms with E-state index >= 15 is 0 Å². The molecule has 7 nitrogen and oxygen atoms in total. The predicted molar refractivity (Wildman–Crippen MR) is 80.0 cm³/mol. The molecule has 1 aromatic rings. The molecule has 114 valence electrons. The highest BCUT2D eigenvalue weighted by atomic mass is 32.2. The predicted octanol–water partition coefficient (Wildman–Crippen LogP) is 0.0157. The molecule has 0 bridgehead atoms. The SMILES string of the molecule is C=CCNC(=O)c1cc(N(C)C2CCS(=O)(=O)C2)ncn1. The third-order valence-electron chi connectivity index (χ3n) is 3.41. The van der Waals surface area contributed by atoms with Crippen LogP contribution < -0.4 is 10.2 Å². The molecule has 2 heterocycles. The molecule has 1 saturated heterocycles. The fraction of sp³-hybridized carbons (Fsp3) is 0.462. The molecule has 1 N–H and O–H groups in total.